The molecule has 0 aliphatic rings. The Balaban J connectivity index is 2.66. The molecule has 0 atom stereocenters. The van der Waals surface area contributed by atoms with Crippen molar-refractivity contribution in [1.82, 2.24) is 0 Å². The van der Waals surface area contributed by atoms with Crippen LogP contribution in [-0.4, -0.2) is 12.7 Å². The summed E-state index contributed by atoms with van der Waals surface area (Å²) in [6.07, 6.45) is -4.18. The van der Waals surface area contributed by atoms with Crippen molar-refractivity contribution in [3.05, 3.63) is 29.8 Å². The van der Waals surface area contributed by atoms with Gasteiger partial charge in [0.05, 0.1) is 0 Å². The van der Waals surface area contributed by atoms with Crippen LogP contribution in [0.2, 0.25) is 0 Å². The molecule has 1 aromatic rings. The third kappa shape index (κ3) is 4.13. The number of hydrogen-bond donors (Lipinski definition) is 1. The second-order valence-corrected chi connectivity index (χ2v) is 4.80. The average molecular weight is 231 g/mol. The Kier molecular flexibility index (Phi) is 3.51. The minimum atomic E-state index is -4.18. The van der Waals surface area contributed by atoms with E-state index in [4.69, 9.17) is 0 Å². The highest BCUT2D eigenvalue weighted by Gasteiger charge is 2.26. The topological polar surface area (TPSA) is 12.0 Å². The van der Waals surface area contributed by atoms with Crippen LogP contribution in [0.3, 0.4) is 0 Å². The minimum absolute atomic E-state index is 0.0164. The van der Waals surface area contributed by atoms with E-state index < -0.39 is 12.7 Å². The van der Waals surface area contributed by atoms with Crippen LogP contribution in [0, 0.1) is 0 Å². The van der Waals surface area contributed by atoms with Crippen LogP contribution in [0.5, 0.6) is 0 Å². The van der Waals surface area contributed by atoms with Crippen molar-refractivity contribution in [2.24, 2.45) is 0 Å². The lowest BCUT2D eigenvalue weighted by Gasteiger charge is -2.19. The van der Waals surface area contributed by atoms with E-state index in [1.807, 2.05) is 12.1 Å². The summed E-state index contributed by atoms with van der Waals surface area (Å²) in [5.74, 6) is 0. The Morgan fingerprint density at radius 3 is 1.88 bits per heavy atom. The molecule has 1 aromatic carbocycles. The molecule has 0 fully saturated rings. The van der Waals surface area contributed by atoms with E-state index >= 15 is 0 Å². The molecule has 0 saturated heterocycles. The van der Waals surface area contributed by atoms with E-state index in [0.29, 0.717) is 5.69 Å². The SMILES string of the molecule is CC(C)(C)c1ccc(NCC(F)(F)F)cc1. The molecule has 16 heavy (non-hydrogen) atoms. The fraction of sp³-hybridized carbons (Fsp3) is 0.500. The number of hydrogen-bond acceptors (Lipinski definition) is 1. The Bertz CT molecular complexity index is 333. The number of alkyl halides is 3. The molecular weight excluding hydrogens is 215 g/mol. The first kappa shape index (κ1) is 12.9. The van der Waals surface area contributed by atoms with Gasteiger partial charge in [0.2, 0.25) is 0 Å². The summed E-state index contributed by atoms with van der Waals surface area (Å²) in [4.78, 5) is 0. The minimum Gasteiger partial charge on any atom is -0.376 e. The molecular formula is C12H16F3N. The maximum atomic E-state index is 11.9. The molecule has 0 aliphatic carbocycles. The van der Waals surface area contributed by atoms with Crippen LogP contribution < -0.4 is 5.32 Å². The molecule has 0 saturated carbocycles. The van der Waals surface area contributed by atoms with Crippen molar-refractivity contribution < 1.29 is 13.2 Å². The molecule has 0 bridgehead atoms. The maximum Gasteiger partial charge on any atom is 0.405 e. The van der Waals surface area contributed by atoms with Gasteiger partial charge in [0, 0.05) is 5.69 Å². The van der Waals surface area contributed by atoms with Gasteiger partial charge >= 0.3 is 6.18 Å². The molecule has 1 N–H and O–H groups in total. The molecule has 0 aliphatic heterocycles. The molecule has 0 radical (unpaired) electrons. The highest BCUT2D eigenvalue weighted by molar-refractivity contribution is 5.45. The second kappa shape index (κ2) is 4.36. The Hall–Kier alpha value is -1.19. The van der Waals surface area contributed by atoms with Crippen molar-refractivity contribution in [2.75, 3.05) is 11.9 Å². The molecule has 90 valence electrons. The van der Waals surface area contributed by atoms with Crippen LogP contribution in [-0.2, 0) is 5.41 Å². The number of benzene rings is 1. The lowest BCUT2D eigenvalue weighted by atomic mass is 9.87. The Morgan fingerprint density at radius 2 is 1.50 bits per heavy atom. The summed E-state index contributed by atoms with van der Waals surface area (Å²) < 4.78 is 35.8. The monoisotopic (exact) mass is 231 g/mol. The summed E-state index contributed by atoms with van der Waals surface area (Å²) in [6, 6.07) is 7.04. The van der Waals surface area contributed by atoms with E-state index in [1.165, 1.54) is 0 Å². The van der Waals surface area contributed by atoms with Crippen molar-refractivity contribution >= 4 is 5.69 Å². The molecule has 4 heteroatoms. The molecule has 0 heterocycles. The maximum absolute atomic E-state index is 11.9. The lowest BCUT2D eigenvalue weighted by Crippen LogP contribution is -2.21. The number of nitrogens with one attached hydrogen (secondary N) is 1. The summed E-state index contributed by atoms with van der Waals surface area (Å²) in [7, 11) is 0. The normalized spacial score (nSPS) is 12.6. The summed E-state index contributed by atoms with van der Waals surface area (Å²) in [6.45, 7) is 5.18. The van der Waals surface area contributed by atoms with Gasteiger partial charge in [0.1, 0.15) is 6.54 Å². The Labute approximate surface area is 93.7 Å². The molecule has 0 aromatic heterocycles. The zero-order valence-electron chi connectivity index (χ0n) is 9.65. The van der Waals surface area contributed by atoms with Gasteiger partial charge in [-0.05, 0) is 23.1 Å². The summed E-state index contributed by atoms with van der Waals surface area (Å²) >= 11 is 0. The highest BCUT2D eigenvalue weighted by Crippen LogP contribution is 2.24. The van der Waals surface area contributed by atoms with E-state index in [-0.39, 0.29) is 5.41 Å². The molecule has 0 unspecified atom stereocenters. The van der Waals surface area contributed by atoms with Crippen molar-refractivity contribution in [3.63, 3.8) is 0 Å². The van der Waals surface area contributed by atoms with Crippen LogP contribution in [0.1, 0.15) is 26.3 Å². The van der Waals surface area contributed by atoms with Crippen LogP contribution in [0.25, 0.3) is 0 Å². The molecule has 1 rings (SSSR count). The van der Waals surface area contributed by atoms with Gasteiger partial charge in [-0.3, -0.25) is 0 Å². The first-order valence-electron chi connectivity index (χ1n) is 5.10. The average Bonchev–Trinajstić information content (AvgIpc) is 2.13. The lowest BCUT2D eigenvalue weighted by molar-refractivity contribution is -0.115. The van der Waals surface area contributed by atoms with E-state index in [2.05, 4.69) is 26.1 Å². The van der Waals surface area contributed by atoms with Gasteiger partial charge in [-0.1, -0.05) is 32.9 Å². The van der Waals surface area contributed by atoms with Gasteiger partial charge < -0.3 is 5.32 Å². The molecule has 0 spiro atoms. The third-order valence-electron chi connectivity index (χ3n) is 2.24. The highest BCUT2D eigenvalue weighted by atomic mass is 19.4. The van der Waals surface area contributed by atoms with E-state index in [1.54, 1.807) is 12.1 Å². The second-order valence-electron chi connectivity index (χ2n) is 4.80. The zero-order chi connectivity index (χ0) is 12.4. The standard InChI is InChI=1S/C12H16F3N/c1-11(2,3)9-4-6-10(7-5-9)16-8-12(13,14)15/h4-7,16H,8H2,1-3H3. The van der Waals surface area contributed by atoms with Gasteiger partial charge in [-0.25, -0.2) is 0 Å². The smallest absolute Gasteiger partial charge is 0.376 e. The fourth-order valence-electron chi connectivity index (χ4n) is 1.29. The number of anilines is 1. The first-order valence-corrected chi connectivity index (χ1v) is 5.10. The fourth-order valence-corrected chi connectivity index (χ4v) is 1.29. The molecule has 0 amide bonds. The van der Waals surface area contributed by atoms with Gasteiger partial charge in [0.25, 0.3) is 0 Å². The first-order chi connectivity index (χ1) is 7.18. The summed E-state index contributed by atoms with van der Waals surface area (Å²) in [5, 5.41) is 2.34. The predicted octanol–water partition coefficient (Wildman–Crippen LogP) is 3.96. The quantitative estimate of drug-likeness (QED) is 0.812. The van der Waals surface area contributed by atoms with Crippen LogP contribution >= 0.6 is 0 Å². The van der Waals surface area contributed by atoms with E-state index in [0.717, 1.165) is 5.56 Å². The Morgan fingerprint density at radius 1 is 1.00 bits per heavy atom. The zero-order valence-corrected chi connectivity index (χ0v) is 9.65. The van der Waals surface area contributed by atoms with Crippen LogP contribution in [0.4, 0.5) is 18.9 Å². The largest absolute Gasteiger partial charge is 0.405 e. The molecule has 1 nitrogen and oxygen atoms in total. The third-order valence-corrected chi connectivity index (χ3v) is 2.24. The van der Waals surface area contributed by atoms with E-state index in [9.17, 15) is 13.2 Å². The van der Waals surface area contributed by atoms with Crippen LogP contribution in [0.15, 0.2) is 24.3 Å². The summed E-state index contributed by atoms with van der Waals surface area (Å²) in [5.41, 5.74) is 1.61. The number of rotatable bonds is 2. The van der Waals surface area contributed by atoms with Gasteiger partial charge in [-0.15, -0.1) is 0 Å². The van der Waals surface area contributed by atoms with Crippen molar-refractivity contribution in [1.29, 1.82) is 0 Å². The predicted molar refractivity (Wildman–Crippen MR) is 59.7 cm³/mol. The van der Waals surface area contributed by atoms with Gasteiger partial charge in [-0.2, -0.15) is 13.2 Å². The van der Waals surface area contributed by atoms with Crippen molar-refractivity contribution in [3.8, 4) is 0 Å². The van der Waals surface area contributed by atoms with Gasteiger partial charge in [0.15, 0.2) is 0 Å². The number of halogens is 3. The van der Waals surface area contributed by atoms with Crippen molar-refractivity contribution in [2.45, 2.75) is 32.4 Å².